The van der Waals surface area contributed by atoms with Gasteiger partial charge in [0.2, 0.25) is 0 Å². The van der Waals surface area contributed by atoms with E-state index in [9.17, 15) is 0 Å². The predicted molar refractivity (Wildman–Crippen MR) is 59.8 cm³/mol. The van der Waals surface area contributed by atoms with Crippen LogP contribution in [0.25, 0.3) is 0 Å². The summed E-state index contributed by atoms with van der Waals surface area (Å²) in [6.07, 6.45) is 6.78. The normalized spacial score (nSPS) is 9.50. The Balaban J connectivity index is 2.47. The fraction of sp³-hybridized carbons (Fsp3) is 0.333. The Morgan fingerprint density at radius 3 is 2.93 bits per heavy atom. The maximum atomic E-state index is 5.82. The Morgan fingerprint density at radius 2 is 2.29 bits per heavy atom. The second-order valence-corrected chi connectivity index (χ2v) is 3.50. The maximum absolute atomic E-state index is 5.82. The van der Waals surface area contributed by atoms with Crippen LogP contribution in [0, 0.1) is 19.3 Å². The van der Waals surface area contributed by atoms with Crippen molar-refractivity contribution in [3.63, 3.8) is 0 Å². The van der Waals surface area contributed by atoms with Crippen LogP contribution in [0.1, 0.15) is 18.4 Å². The van der Waals surface area contributed by atoms with Crippen LogP contribution in [0.2, 0.25) is 5.02 Å². The zero-order valence-electron chi connectivity index (χ0n) is 8.22. The fourth-order valence-corrected chi connectivity index (χ4v) is 1.36. The van der Waals surface area contributed by atoms with E-state index in [1.165, 1.54) is 0 Å². The van der Waals surface area contributed by atoms with Crippen LogP contribution in [-0.2, 0) is 0 Å². The molecule has 0 amide bonds. The van der Waals surface area contributed by atoms with E-state index in [1.807, 2.05) is 25.1 Å². The smallest absolute Gasteiger partial charge is 0.122 e. The van der Waals surface area contributed by atoms with Crippen molar-refractivity contribution in [3.05, 3.63) is 28.8 Å². The molecule has 2 heteroatoms. The molecule has 14 heavy (non-hydrogen) atoms. The van der Waals surface area contributed by atoms with Crippen molar-refractivity contribution in [2.75, 3.05) is 6.61 Å². The number of rotatable bonds is 4. The molecular weight excluding hydrogens is 196 g/mol. The van der Waals surface area contributed by atoms with Crippen LogP contribution in [-0.4, -0.2) is 6.61 Å². The molecule has 1 aromatic rings. The van der Waals surface area contributed by atoms with E-state index in [1.54, 1.807) is 0 Å². The highest BCUT2D eigenvalue weighted by molar-refractivity contribution is 6.30. The minimum absolute atomic E-state index is 0.659. The van der Waals surface area contributed by atoms with E-state index in [0.29, 0.717) is 6.61 Å². The zero-order chi connectivity index (χ0) is 10.4. The van der Waals surface area contributed by atoms with E-state index < -0.39 is 0 Å². The maximum Gasteiger partial charge on any atom is 0.122 e. The quantitative estimate of drug-likeness (QED) is 0.544. The fourth-order valence-electron chi connectivity index (χ4n) is 1.13. The van der Waals surface area contributed by atoms with Gasteiger partial charge in [-0.15, -0.1) is 12.3 Å². The second-order valence-electron chi connectivity index (χ2n) is 3.07. The monoisotopic (exact) mass is 208 g/mol. The topological polar surface area (TPSA) is 9.23 Å². The number of hydrogen-bond donors (Lipinski definition) is 0. The first-order valence-electron chi connectivity index (χ1n) is 4.56. The number of halogens is 1. The van der Waals surface area contributed by atoms with Gasteiger partial charge in [-0.05, 0) is 37.1 Å². The van der Waals surface area contributed by atoms with Gasteiger partial charge in [-0.3, -0.25) is 0 Å². The van der Waals surface area contributed by atoms with E-state index in [2.05, 4.69) is 5.92 Å². The molecule has 0 spiro atoms. The van der Waals surface area contributed by atoms with Gasteiger partial charge in [0.25, 0.3) is 0 Å². The number of aryl methyl sites for hydroxylation is 1. The Labute approximate surface area is 90.0 Å². The lowest BCUT2D eigenvalue weighted by atomic mass is 10.2. The molecule has 0 saturated heterocycles. The Bertz CT molecular complexity index is 339. The van der Waals surface area contributed by atoms with Gasteiger partial charge in [0, 0.05) is 11.4 Å². The molecule has 0 aliphatic carbocycles. The number of hydrogen-bond acceptors (Lipinski definition) is 1. The highest BCUT2D eigenvalue weighted by Crippen LogP contribution is 2.21. The molecule has 1 nitrogen and oxygen atoms in total. The summed E-state index contributed by atoms with van der Waals surface area (Å²) < 4.78 is 5.54. The van der Waals surface area contributed by atoms with Gasteiger partial charge in [0.15, 0.2) is 0 Å². The van der Waals surface area contributed by atoms with Crippen molar-refractivity contribution in [1.82, 2.24) is 0 Å². The Kier molecular flexibility index (Phi) is 4.35. The lowest BCUT2D eigenvalue weighted by molar-refractivity contribution is 0.311. The molecule has 0 heterocycles. The first-order valence-corrected chi connectivity index (χ1v) is 4.94. The summed E-state index contributed by atoms with van der Waals surface area (Å²) in [5.74, 6) is 3.46. The summed E-state index contributed by atoms with van der Waals surface area (Å²) in [4.78, 5) is 0. The van der Waals surface area contributed by atoms with Crippen LogP contribution < -0.4 is 4.74 Å². The van der Waals surface area contributed by atoms with Crippen molar-refractivity contribution in [2.45, 2.75) is 19.8 Å². The molecule has 0 fully saturated rings. The zero-order valence-corrected chi connectivity index (χ0v) is 8.97. The van der Waals surface area contributed by atoms with Crippen LogP contribution in [0.3, 0.4) is 0 Å². The van der Waals surface area contributed by atoms with Gasteiger partial charge in [-0.1, -0.05) is 11.6 Å². The molecule has 0 bridgehead atoms. The predicted octanol–water partition coefficient (Wildman–Crippen LogP) is 3.44. The molecule has 0 N–H and O–H groups in total. The molecule has 0 aliphatic heterocycles. The first kappa shape index (κ1) is 10.9. The molecule has 0 unspecified atom stereocenters. The van der Waals surface area contributed by atoms with Crippen LogP contribution in [0.15, 0.2) is 18.2 Å². The van der Waals surface area contributed by atoms with Crippen LogP contribution >= 0.6 is 11.6 Å². The lowest BCUT2D eigenvalue weighted by Gasteiger charge is -2.08. The molecule has 0 aromatic heterocycles. The SMILES string of the molecule is C#CCCCOc1ccc(Cl)cc1C. The molecule has 0 saturated carbocycles. The highest BCUT2D eigenvalue weighted by atomic mass is 35.5. The summed E-state index contributed by atoms with van der Waals surface area (Å²) in [5.41, 5.74) is 1.05. The number of ether oxygens (including phenoxy) is 1. The average molecular weight is 209 g/mol. The van der Waals surface area contributed by atoms with Gasteiger partial charge in [0.05, 0.1) is 6.61 Å². The summed E-state index contributed by atoms with van der Waals surface area (Å²) in [6.45, 7) is 2.63. The van der Waals surface area contributed by atoms with Crippen LogP contribution in [0.4, 0.5) is 0 Å². The third kappa shape index (κ3) is 3.32. The molecule has 0 radical (unpaired) electrons. The number of unbranched alkanes of at least 4 members (excludes halogenated alkanes) is 1. The summed E-state index contributed by atoms with van der Waals surface area (Å²) in [7, 11) is 0. The molecule has 1 rings (SSSR count). The van der Waals surface area contributed by atoms with E-state index >= 15 is 0 Å². The van der Waals surface area contributed by atoms with Crippen LogP contribution in [0.5, 0.6) is 5.75 Å². The molecule has 0 atom stereocenters. The molecule has 0 aliphatic rings. The summed E-state index contributed by atoms with van der Waals surface area (Å²) in [5, 5.41) is 0.735. The third-order valence-electron chi connectivity index (χ3n) is 1.86. The van der Waals surface area contributed by atoms with Crippen molar-refractivity contribution >= 4 is 11.6 Å². The summed E-state index contributed by atoms with van der Waals surface area (Å²) in [6, 6.07) is 5.59. The van der Waals surface area contributed by atoms with E-state index in [0.717, 1.165) is 29.2 Å². The molecular formula is C12H13ClO. The van der Waals surface area contributed by atoms with Crippen molar-refractivity contribution in [3.8, 4) is 18.1 Å². The lowest BCUT2D eigenvalue weighted by Crippen LogP contribution is -1.98. The minimum Gasteiger partial charge on any atom is -0.493 e. The van der Waals surface area contributed by atoms with Gasteiger partial charge in [-0.25, -0.2) is 0 Å². The Hall–Kier alpha value is -1.13. The minimum atomic E-state index is 0.659. The second kappa shape index (κ2) is 5.57. The molecule has 74 valence electrons. The van der Waals surface area contributed by atoms with E-state index in [4.69, 9.17) is 22.8 Å². The first-order chi connectivity index (χ1) is 6.74. The Morgan fingerprint density at radius 1 is 1.50 bits per heavy atom. The van der Waals surface area contributed by atoms with E-state index in [-0.39, 0.29) is 0 Å². The average Bonchev–Trinajstić information content (AvgIpc) is 2.15. The highest BCUT2D eigenvalue weighted by Gasteiger charge is 1.99. The largest absolute Gasteiger partial charge is 0.493 e. The molecule has 1 aromatic carbocycles. The van der Waals surface area contributed by atoms with Gasteiger partial charge < -0.3 is 4.74 Å². The van der Waals surface area contributed by atoms with Gasteiger partial charge >= 0.3 is 0 Å². The number of terminal acetylenes is 1. The van der Waals surface area contributed by atoms with Gasteiger partial charge in [0.1, 0.15) is 5.75 Å². The standard InChI is InChI=1S/C12H13ClO/c1-3-4-5-8-14-12-7-6-11(13)9-10(12)2/h1,6-7,9H,4-5,8H2,2H3. The summed E-state index contributed by atoms with van der Waals surface area (Å²) >= 11 is 5.82. The van der Waals surface area contributed by atoms with Crippen molar-refractivity contribution in [2.24, 2.45) is 0 Å². The third-order valence-corrected chi connectivity index (χ3v) is 2.10. The van der Waals surface area contributed by atoms with Crippen molar-refractivity contribution < 1.29 is 4.74 Å². The number of benzene rings is 1. The van der Waals surface area contributed by atoms with Crippen molar-refractivity contribution in [1.29, 1.82) is 0 Å². The van der Waals surface area contributed by atoms with Gasteiger partial charge in [-0.2, -0.15) is 0 Å².